The van der Waals surface area contributed by atoms with Gasteiger partial charge >= 0.3 is 0 Å². The summed E-state index contributed by atoms with van der Waals surface area (Å²) in [6, 6.07) is 7.07. The minimum absolute atomic E-state index is 0.513. The zero-order valence-electron chi connectivity index (χ0n) is 9.95. The minimum atomic E-state index is 0.513. The van der Waals surface area contributed by atoms with Gasteiger partial charge in [0.1, 0.15) is 5.75 Å². The molecule has 1 fully saturated rings. The van der Waals surface area contributed by atoms with Crippen LogP contribution in [0.2, 0.25) is 0 Å². The van der Waals surface area contributed by atoms with Crippen molar-refractivity contribution in [1.29, 1.82) is 0 Å². The Kier molecular flexibility index (Phi) is 4.13. The van der Waals surface area contributed by atoms with Crippen molar-refractivity contribution in [2.24, 2.45) is 0 Å². The van der Waals surface area contributed by atoms with E-state index < -0.39 is 0 Å². The molecule has 88 valence electrons. The highest BCUT2D eigenvalue weighted by Crippen LogP contribution is 2.32. The molecule has 0 amide bonds. The van der Waals surface area contributed by atoms with Gasteiger partial charge in [-0.05, 0) is 43.3 Å². The normalized spacial score (nSPS) is 20.8. The Balaban J connectivity index is 2.20. The van der Waals surface area contributed by atoms with Crippen LogP contribution in [0.15, 0.2) is 23.1 Å². The van der Waals surface area contributed by atoms with Crippen LogP contribution in [-0.4, -0.2) is 19.9 Å². The van der Waals surface area contributed by atoms with Crippen LogP contribution in [0.25, 0.3) is 0 Å². The number of methoxy groups -OCH3 is 1. The van der Waals surface area contributed by atoms with Gasteiger partial charge in [-0.15, -0.1) is 11.8 Å². The first kappa shape index (κ1) is 11.8. The first-order chi connectivity index (χ1) is 7.85. The summed E-state index contributed by atoms with van der Waals surface area (Å²) < 4.78 is 5.42. The van der Waals surface area contributed by atoms with Crippen LogP contribution in [-0.2, 0) is 0 Å². The number of thioether (sulfide) groups is 1. The van der Waals surface area contributed by atoms with E-state index in [1.165, 1.54) is 29.7 Å². The van der Waals surface area contributed by atoms with Crippen molar-refractivity contribution in [2.45, 2.75) is 30.2 Å². The van der Waals surface area contributed by atoms with E-state index in [0.29, 0.717) is 6.04 Å². The van der Waals surface area contributed by atoms with Crippen LogP contribution in [0.4, 0.5) is 0 Å². The van der Waals surface area contributed by atoms with Crippen LogP contribution in [0, 0.1) is 0 Å². The number of rotatable bonds is 3. The van der Waals surface area contributed by atoms with Crippen molar-refractivity contribution in [1.82, 2.24) is 5.32 Å². The quantitative estimate of drug-likeness (QED) is 0.816. The van der Waals surface area contributed by atoms with E-state index >= 15 is 0 Å². The Morgan fingerprint density at radius 2 is 2.25 bits per heavy atom. The van der Waals surface area contributed by atoms with Crippen LogP contribution in [0.5, 0.6) is 5.75 Å². The van der Waals surface area contributed by atoms with Crippen LogP contribution in [0.3, 0.4) is 0 Å². The molecule has 2 nitrogen and oxygen atoms in total. The zero-order valence-corrected chi connectivity index (χ0v) is 10.8. The number of hydrogen-bond acceptors (Lipinski definition) is 3. The Morgan fingerprint density at radius 1 is 1.38 bits per heavy atom. The highest BCUT2D eigenvalue weighted by molar-refractivity contribution is 7.98. The molecule has 0 radical (unpaired) electrons. The third kappa shape index (κ3) is 2.53. The molecule has 1 aliphatic heterocycles. The molecular weight excluding hydrogens is 218 g/mol. The van der Waals surface area contributed by atoms with Gasteiger partial charge in [0.05, 0.1) is 7.11 Å². The Morgan fingerprint density at radius 3 is 2.88 bits per heavy atom. The van der Waals surface area contributed by atoms with Gasteiger partial charge in [-0.25, -0.2) is 0 Å². The molecule has 0 aliphatic carbocycles. The fourth-order valence-corrected chi connectivity index (χ4v) is 2.75. The van der Waals surface area contributed by atoms with E-state index in [1.54, 1.807) is 18.9 Å². The van der Waals surface area contributed by atoms with Gasteiger partial charge in [0.25, 0.3) is 0 Å². The molecule has 1 aromatic rings. The smallest absolute Gasteiger partial charge is 0.132 e. The summed E-state index contributed by atoms with van der Waals surface area (Å²) in [5, 5.41) is 3.56. The molecule has 1 heterocycles. The predicted molar refractivity (Wildman–Crippen MR) is 69.4 cm³/mol. The number of piperidine rings is 1. The molecule has 16 heavy (non-hydrogen) atoms. The van der Waals surface area contributed by atoms with E-state index in [-0.39, 0.29) is 0 Å². The van der Waals surface area contributed by atoms with Gasteiger partial charge in [-0.3, -0.25) is 0 Å². The molecular formula is C13H19NOS. The molecule has 1 unspecified atom stereocenters. The fourth-order valence-electron chi connectivity index (χ4n) is 2.21. The highest BCUT2D eigenvalue weighted by Gasteiger charge is 2.15. The lowest BCUT2D eigenvalue weighted by atomic mass is 9.97. The van der Waals surface area contributed by atoms with Gasteiger partial charge in [-0.2, -0.15) is 0 Å². The lowest BCUT2D eigenvalue weighted by molar-refractivity contribution is 0.394. The van der Waals surface area contributed by atoms with Crippen molar-refractivity contribution in [3.63, 3.8) is 0 Å². The molecule has 0 saturated carbocycles. The number of hydrogen-bond donors (Lipinski definition) is 1. The maximum Gasteiger partial charge on any atom is 0.132 e. The van der Waals surface area contributed by atoms with Crippen LogP contribution < -0.4 is 10.1 Å². The Hall–Kier alpha value is -0.670. The van der Waals surface area contributed by atoms with Gasteiger partial charge in [0.2, 0.25) is 0 Å². The van der Waals surface area contributed by atoms with Crippen molar-refractivity contribution in [3.8, 4) is 5.75 Å². The number of benzene rings is 1. The number of nitrogens with one attached hydrogen (secondary N) is 1. The summed E-state index contributed by atoms with van der Waals surface area (Å²) >= 11 is 1.73. The fraction of sp³-hybridized carbons (Fsp3) is 0.538. The average Bonchev–Trinajstić information content (AvgIpc) is 2.39. The lowest BCUT2D eigenvalue weighted by Gasteiger charge is -2.24. The second-order valence-corrected chi connectivity index (χ2v) is 4.96. The largest absolute Gasteiger partial charge is 0.496 e. The van der Waals surface area contributed by atoms with Crippen LogP contribution in [0.1, 0.15) is 30.9 Å². The molecule has 1 N–H and O–H groups in total. The van der Waals surface area contributed by atoms with Crippen molar-refractivity contribution < 1.29 is 4.74 Å². The summed E-state index contributed by atoms with van der Waals surface area (Å²) in [5.41, 5.74) is 1.36. The third-order valence-electron chi connectivity index (χ3n) is 3.12. The SMILES string of the molecule is COc1cc(C2CCCCN2)ccc1SC. The second-order valence-electron chi connectivity index (χ2n) is 4.12. The van der Waals surface area contributed by atoms with Gasteiger partial charge in [0.15, 0.2) is 0 Å². The van der Waals surface area contributed by atoms with Crippen molar-refractivity contribution in [3.05, 3.63) is 23.8 Å². The molecule has 1 aromatic carbocycles. The molecule has 1 saturated heterocycles. The summed E-state index contributed by atoms with van der Waals surface area (Å²) in [6.07, 6.45) is 5.94. The zero-order chi connectivity index (χ0) is 11.4. The third-order valence-corrected chi connectivity index (χ3v) is 3.90. The maximum absolute atomic E-state index is 5.42. The number of ether oxygens (including phenoxy) is 1. The second kappa shape index (κ2) is 5.60. The van der Waals surface area contributed by atoms with Crippen LogP contribution >= 0.6 is 11.8 Å². The first-order valence-corrected chi connectivity index (χ1v) is 7.03. The minimum Gasteiger partial charge on any atom is -0.496 e. The molecule has 2 rings (SSSR count). The Bertz CT molecular complexity index is 348. The average molecular weight is 237 g/mol. The molecule has 1 atom stereocenters. The topological polar surface area (TPSA) is 21.3 Å². The molecule has 0 spiro atoms. The molecule has 0 aromatic heterocycles. The monoisotopic (exact) mass is 237 g/mol. The maximum atomic E-state index is 5.42. The standard InChI is InChI=1S/C13H19NOS/c1-15-12-9-10(6-7-13(12)16-2)11-5-3-4-8-14-11/h6-7,9,11,14H,3-5,8H2,1-2H3. The molecule has 0 bridgehead atoms. The highest BCUT2D eigenvalue weighted by atomic mass is 32.2. The van der Waals surface area contributed by atoms with Gasteiger partial charge in [0, 0.05) is 10.9 Å². The summed E-state index contributed by atoms with van der Waals surface area (Å²) in [6.45, 7) is 1.14. The van der Waals surface area contributed by atoms with E-state index in [2.05, 4.69) is 29.8 Å². The van der Waals surface area contributed by atoms with E-state index in [9.17, 15) is 0 Å². The van der Waals surface area contributed by atoms with Gasteiger partial charge < -0.3 is 10.1 Å². The Labute approximate surface area is 102 Å². The first-order valence-electron chi connectivity index (χ1n) is 5.80. The predicted octanol–water partition coefficient (Wildman–Crippen LogP) is 3.23. The summed E-state index contributed by atoms with van der Waals surface area (Å²) in [4.78, 5) is 1.21. The molecule has 1 aliphatic rings. The summed E-state index contributed by atoms with van der Waals surface area (Å²) in [7, 11) is 1.74. The molecule has 3 heteroatoms. The lowest BCUT2D eigenvalue weighted by Crippen LogP contribution is -2.26. The van der Waals surface area contributed by atoms with E-state index in [0.717, 1.165) is 12.3 Å². The van der Waals surface area contributed by atoms with Crippen molar-refractivity contribution >= 4 is 11.8 Å². The van der Waals surface area contributed by atoms with Crippen molar-refractivity contribution in [2.75, 3.05) is 19.9 Å². The van der Waals surface area contributed by atoms with E-state index in [1.807, 2.05) is 0 Å². The van der Waals surface area contributed by atoms with E-state index in [4.69, 9.17) is 4.74 Å². The van der Waals surface area contributed by atoms with Gasteiger partial charge in [-0.1, -0.05) is 12.5 Å². The summed E-state index contributed by atoms with van der Waals surface area (Å²) in [5.74, 6) is 0.998.